The van der Waals surface area contributed by atoms with Gasteiger partial charge in [-0.3, -0.25) is 4.57 Å². The van der Waals surface area contributed by atoms with Gasteiger partial charge in [0.2, 0.25) is 5.95 Å². The van der Waals surface area contributed by atoms with Crippen molar-refractivity contribution in [2.24, 2.45) is 7.05 Å². The van der Waals surface area contributed by atoms with Crippen molar-refractivity contribution < 1.29 is 0 Å². The number of rotatable bonds is 3. The van der Waals surface area contributed by atoms with Crippen LogP contribution >= 0.6 is 0 Å². The average Bonchev–Trinajstić information content (AvgIpc) is 2.38. The molecule has 1 aromatic rings. The molecule has 0 saturated heterocycles. The van der Waals surface area contributed by atoms with Crippen molar-refractivity contribution in [1.82, 2.24) is 14.8 Å². The quantitative estimate of drug-likeness (QED) is 0.692. The maximum atomic E-state index is 11.0. The molecule has 5 nitrogen and oxygen atoms in total. The predicted molar refractivity (Wildman–Crippen MR) is 47.4 cm³/mol. The molecule has 0 fully saturated rings. The van der Waals surface area contributed by atoms with Crippen molar-refractivity contribution >= 4 is 5.95 Å². The summed E-state index contributed by atoms with van der Waals surface area (Å²) in [6, 6.07) is 0. The molecule has 12 heavy (non-hydrogen) atoms. The minimum Gasteiger partial charge on any atom is -0.341 e. The van der Waals surface area contributed by atoms with E-state index in [0.29, 0.717) is 5.95 Å². The third-order valence-corrected chi connectivity index (χ3v) is 1.90. The fourth-order valence-corrected chi connectivity index (χ4v) is 1.13. The molecule has 0 atom stereocenters. The standard InChI is InChI=1S/C7H14N4O/c1-4-11(5-2)6-8-9-7(12)10(6)3/h4-5H2,1-3H3,(H,9,12). The Morgan fingerprint density at radius 3 is 2.42 bits per heavy atom. The molecule has 0 amide bonds. The second kappa shape index (κ2) is 3.42. The number of hydrogen-bond donors (Lipinski definition) is 1. The van der Waals surface area contributed by atoms with Gasteiger partial charge in [-0.2, -0.15) is 0 Å². The molecule has 0 aliphatic rings. The lowest BCUT2D eigenvalue weighted by Crippen LogP contribution is -2.26. The molecule has 1 rings (SSSR count). The molecular weight excluding hydrogens is 156 g/mol. The number of aromatic amines is 1. The fraction of sp³-hybridized carbons (Fsp3) is 0.714. The number of nitrogens with one attached hydrogen (secondary N) is 1. The summed E-state index contributed by atoms with van der Waals surface area (Å²) >= 11 is 0. The normalized spacial score (nSPS) is 10.2. The lowest BCUT2D eigenvalue weighted by molar-refractivity contribution is 0.765. The highest BCUT2D eigenvalue weighted by Gasteiger charge is 2.08. The van der Waals surface area contributed by atoms with Crippen molar-refractivity contribution in [3.63, 3.8) is 0 Å². The van der Waals surface area contributed by atoms with Gasteiger partial charge in [0.15, 0.2) is 0 Å². The molecule has 0 aliphatic carbocycles. The van der Waals surface area contributed by atoms with Gasteiger partial charge in [0.1, 0.15) is 0 Å². The Balaban J connectivity index is 3.01. The molecule has 5 heteroatoms. The topological polar surface area (TPSA) is 53.9 Å². The molecular formula is C7H14N4O. The van der Waals surface area contributed by atoms with Crippen LogP contribution in [0.2, 0.25) is 0 Å². The summed E-state index contributed by atoms with van der Waals surface area (Å²) in [6.45, 7) is 5.77. The number of aromatic nitrogens is 3. The van der Waals surface area contributed by atoms with E-state index in [1.807, 2.05) is 18.7 Å². The molecule has 0 spiro atoms. The first kappa shape index (κ1) is 8.83. The minimum atomic E-state index is -0.170. The lowest BCUT2D eigenvalue weighted by Gasteiger charge is -2.17. The molecule has 0 aliphatic heterocycles. The maximum absolute atomic E-state index is 11.0. The molecule has 1 N–H and O–H groups in total. The van der Waals surface area contributed by atoms with Crippen LogP contribution < -0.4 is 10.6 Å². The molecule has 0 bridgehead atoms. The van der Waals surface area contributed by atoms with Crippen LogP contribution in [0.5, 0.6) is 0 Å². The van der Waals surface area contributed by atoms with E-state index in [0.717, 1.165) is 13.1 Å². The first-order valence-corrected chi connectivity index (χ1v) is 4.07. The highest BCUT2D eigenvalue weighted by molar-refractivity contribution is 5.27. The van der Waals surface area contributed by atoms with Crippen molar-refractivity contribution in [3.05, 3.63) is 10.5 Å². The third-order valence-electron chi connectivity index (χ3n) is 1.90. The Bertz CT molecular complexity index is 297. The summed E-state index contributed by atoms with van der Waals surface area (Å²) < 4.78 is 1.51. The monoisotopic (exact) mass is 170 g/mol. The third kappa shape index (κ3) is 1.34. The minimum absolute atomic E-state index is 0.170. The Hall–Kier alpha value is -1.26. The van der Waals surface area contributed by atoms with Crippen LogP contribution in [0, 0.1) is 0 Å². The highest BCUT2D eigenvalue weighted by atomic mass is 16.1. The number of nitrogens with zero attached hydrogens (tertiary/aromatic N) is 3. The zero-order valence-corrected chi connectivity index (χ0v) is 7.66. The summed E-state index contributed by atoms with van der Waals surface area (Å²) in [4.78, 5) is 13.0. The van der Waals surface area contributed by atoms with Crippen LogP contribution in [0.15, 0.2) is 4.79 Å². The first-order chi connectivity index (χ1) is 5.70. The Labute approximate surface area is 71.0 Å². The number of anilines is 1. The zero-order valence-electron chi connectivity index (χ0n) is 7.66. The molecule has 68 valence electrons. The second-order valence-electron chi connectivity index (χ2n) is 2.56. The van der Waals surface area contributed by atoms with Gasteiger partial charge in [-0.1, -0.05) is 0 Å². The van der Waals surface area contributed by atoms with E-state index in [2.05, 4.69) is 10.2 Å². The summed E-state index contributed by atoms with van der Waals surface area (Å²) in [5.74, 6) is 0.699. The van der Waals surface area contributed by atoms with Gasteiger partial charge in [-0.05, 0) is 13.8 Å². The van der Waals surface area contributed by atoms with Gasteiger partial charge in [-0.15, -0.1) is 5.10 Å². The Morgan fingerprint density at radius 2 is 2.08 bits per heavy atom. The SMILES string of the molecule is CCN(CC)c1n[nH]c(=O)n1C. The summed E-state index contributed by atoms with van der Waals surface area (Å²) in [5.41, 5.74) is -0.170. The predicted octanol–water partition coefficient (Wildman–Crippen LogP) is -0.0454. The van der Waals surface area contributed by atoms with Crippen LogP contribution in [0.4, 0.5) is 5.95 Å². The van der Waals surface area contributed by atoms with Gasteiger partial charge in [0, 0.05) is 20.1 Å². The molecule has 1 aromatic heterocycles. The van der Waals surface area contributed by atoms with Gasteiger partial charge < -0.3 is 4.90 Å². The van der Waals surface area contributed by atoms with Crippen LogP contribution in [0.1, 0.15) is 13.8 Å². The maximum Gasteiger partial charge on any atom is 0.344 e. The van der Waals surface area contributed by atoms with Gasteiger partial charge in [0.05, 0.1) is 0 Å². The van der Waals surface area contributed by atoms with Gasteiger partial charge in [0.25, 0.3) is 0 Å². The van der Waals surface area contributed by atoms with E-state index in [1.54, 1.807) is 7.05 Å². The fourth-order valence-electron chi connectivity index (χ4n) is 1.13. The van der Waals surface area contributed by atoms with E-state index in [1.165, 1.54) is 4.57 Å². The van der Waals surface area contributed by atoms with Crippen molar-refractivity contribution in [1.29, 1.82) is 0 Å². The van der Waals surface area contributed by atoms with E-state index in [9.17, 15) is 4.79 Å². The van der Waals surface area contributed by atoms with Crippen LogP contribution in [-0.4, -0.2) is 27.9 Å². The van der Waals surface area contributed by atoms with E-state index < -0.39 is 0 Å². The van der Waals surface area contributed by atoms with E-state index in [4.69, 9.17) is 0 Å². The second-order valence-corrected chi connectivity index (χ2v) is 2.56. The van der Waals surface area contributed by atoms with Crippen LogP contribution in [0.3, 0.4) is 0 Å². The van der Waals surface area contributed by atoms with E-state index >= 15 is 0 Å². The molecule has 0 aromatic carbocycles. The average molecular weight is 170 g/mol. The Morgan fingerprint density at radius 1 is 1.50 bits per heavy atom. The number of hydrogen-bond acceptors (Lipinski definition) is 3. The molecule has 0 unspecified atom stereocenters. The largest absolute Gasteiger partial charge is 0.344 e. The smallest absolute Gasteiger partial charge is 0.341 e. The Kier molecular flexibility index (Phi) is 2.52. The van der Waals surface area contributed by atoms with Crippen molar-refractivity contribution in [3.8, 4) is 0 Å². The van der Waals surface area contributed by atoms with Gasteiger partial charge in [-0.25, -0.2) is 9.89 Å². The first-order valence-electron chi connectivity index (χ1n) is 4.07. The molecule has 0 saturated carbocycles. The van der Waals surface area contributed by atoms with Crippen LogP contribution in [0.25, 0.3) is 0 Å². The highest BCUT2D eigenvalue weighted by Crippen LogP contribution is 2.03. The molecule has 0 radical (unpaired) electrons. The summed E-state index contributed by atoms with van der Waals surface area (Å²) in [6.07, 6.45) is 0. The summed E-state index contributed by atoms with van der Waals surface area (Å²) in [7, 11) is 1.71. The van der Waals surface area contributed by atoms with E-state index in [-0.39, 0.29) is 5.69 Å². The number of H-pyrrole nitrogens is 1. The molecule has 1 heterocycles. The van der Waals surface area contributed by atoms with Crippen LogP contribution in [-0.2, 0) is 7.05 Å². The van der Waals surface area contributed by atoms with Gasteiger partial charge >= 0.3 is 5.69 Å². The van der Waals surface area contributed by atoms with Crippen molar-refractivity contribution in [2.75, 3.05) is 18.0 Å². The summed E-state index contributed by atoms with van der Waals surface area (Å²) in [5, 5.41) is 6.31. The zero-order chi connectivity index (χ0) is 9.14. The van der Waals surface area contributed by atoms with Crippen molar-refractivity contribution in [2.45, 2.75) is 13.8 Å². The lowest BCUT2D eigenvalue weighted by atomic mass is 10.5.